The summed E-state index contributed by atoms with van der Waals surface area (Å²) in [5.74, 6) is 5.21. The fourth-order valence-corrected chi connectivity index (χ4v) is 1.56. The van der Waals surface area contributed by atoms with Crippen molar-refractivity contribution in [3.63, 3.8) is 0 Å². The van der Waals surface area contributed by atoms with Gasteiger partial charge in [-0.2, -0.15) is 0 Å². The van der Waals surface area contributed by atoms with Crippen molar-refractivity contribution in [2.75, 3.05) is 5.43 Å². The van der Waals surface area contributed by atoms with Crippen LogP contribution in [0.2, 0.25) is 0 Å². The number of halogens is 1. The van der Waals surface area contributed by atoms with Gasteiger partial charge in [0.1, 0.15) is 0 Å². The van der Waals surface area contributed by atoms with Crippen molar-refractivity contribution in [3.8, 4) is 0 Å². The van der Waals surface area contributed by atoms with Crippen LogP contribution in [-0.4, -0.2) is 5.11 Å². The standard InChI is InChI=1S/C7H9IN2O/c8-6-1-5(4-11)2-7(3-6)10-9/h1-3,10-11H,4,9H2. The van der Waals surface area contributed by atoms with Crippen LogP contribution in [0.4, 0.5) is 5.69 Å². The summed E-state index contributed by atoms with van der Waals surface area (Å²) in [5.41, 5.74) is 4.21. The number of anilines is 1. The Morgan fingerprint density at radius 2 is 2.18 bits per heavy atom. The van der Waals surface area contributed by atoms with E-state index in [0.717, 1.165) is 14.8 Å². The first-order valence-corrected chi connectivity index (χ1v) is 4.21. The molecule has 0 amide bonds. The van der Waals surface area contributed by atoms with Gasteiger partial charge in [0.15, 0.2) is 0 Å². The number of hydrogen-bond donors (Lipinski definition) is 3. The summed E-state index contributed by atoms with van der Waals surface area (Å²) in [4.78, 5) is 0. The van der Waals surface area contributed by atoms with Crippen LogP contribution >= 0.6 is 22.6 Å². The van der Waals surface area contributed by atoms with E-state index < -0.39 is 0 Å². The second-order valence-electron chi connectivity index (χ2n) is 2.15. The summed E-state index contributed by atoms with van der Waals surface area (Å²) in [5, 5.41) is 8.81. The van der Waals surface area contributed by atoms with E-state index in [4.69, 9.17) is 10.9 Å². The third-order valence-corrected chi connectivity index (χ3v) is 1.93. The highest BCUT2D eigenvalue weighted by molar-refractivity contribution is 14.1. The number of rotatable bonds is 2. The molecule has 0 aliphatic rings. The quantitative estimate of drug-likeness (QED) is 0.425. The van der Waals surface area contributed by atoms with Gasteiger partial charge < -0.3 is 10.5 Å². The van der Waals surface area contributed by atoms with Gasteiger partial charge >= 0.3 is 0 Å². The Hall–Kier alpha value is -0.330. The fourth-order valence-electron chi connectivity index (χ4n) is 0.825. The van der Waals surface area contributed by atoms with Crippen LogP contribution in [0.25, 0.3) is 0 Å². The highest BCUT2D eigenvalue weighted by Gasteiger charge is 1.95. The summed E-state index contributed by atoms with van der Waals surface area (Å²) in [6, 6.07) is 5.61. The molecule has 11 heavy (non-hydrogen) atoms. The van der Waals surface area contributed by atoms with E-state index in [9.17, 15) is 0 Å². The SMILES string of the molecule is NNc1cc(I)cc(CO)c1. The van der Waals surface area contributed by atoms with Gasteiger partial charge in [0, 0.05) is 9.26 Å². The molecule has 0 radical (unpaired) electrons. The molecule has 4 heteroatoms. The Balaban J connectivity index is 3.02. The van der Waals surface area contributed by atoms with Gasteiger partial charge in [0.2, 0.25) is 0 Å². The molecule has 60 valence electrons. The number of nitrogen functional groups attached to an aromatic ring is 1. The highest BCUT2D eigenvalue weighted by Crippen LogP contribution is 2.15. The van der Waals surface area contributed by atoms with Gasteiger partial charge in [-0.05, 0) is 46.4 Å². The van der Waals surface area contributed by atoms with Crippen molar-refractivity contribution in [1.29, 1.82) is 0 Å². The summed E-state index contributed by atoms with van der Waals surface area (Å²) in [7, 11) is 0. The molecule has 0 aromatic heterocycles. The normalized spacial score (nSPS) is 9.73. The number of hydrazine groups is 1. The summed E-state index contributed by atoms with van der Waals surface area (Å²) in [6.07, 6.45) is 0. The maximum atomic E-state index is 8.81. The number of nitrogens with one attached hydrogen (secondary N) is 1. The number of aliphatic hydroxyl groups excluding tert-OH is 1. The maximum absolute atomic E-state index is 8.81. The Kier molecular flexibility index (Phi) is 3.10. The minimum Gasteiger partial charge on any atom is -0.392 e. The molecule has 0 aliphatic carbocycles. The van der Waals surface area contributed by atoms with E-state index in [1.807, 2.05) is 18.2 Å². The lowest BCUT2D eigenvalue weighted by atomic mass is 10.2. The zero-order chi connectivity index (χ0) is 8.27. The predicted octanol–water partition coefficient (Wildman–Crippen LogP) is 1.07. The van der Waals surface area contributed by atoms with Gasteiger partial charge in [0.25, 0.3) is 0 Å². The molecule has 1 aromatic rings. The zero-order valence-corrected chi connectivity index (χ0v) is 8.00. The minimum absolute atomic E-state index is 0.0471. The lowest BCUT2D eigenvalue weighted by Crippen LogP contribution is -2.07. The molecular weight excluding hydrogens is 255 g/mol. The first kappa shape index (κ1) is 8.76. The van der Waals surface area contributed by atoms with Gasteiger partial charge in [-0.3, -0.25) is 5.84 Å². The summed E-state index contributed by atoms with van der Waals surface area (Å²) in [6.45, 7) is 0.0471. The predicted molar refractivity (Wildman–Crippen MR) is 52.9 cm³/mol. The monoisotopic (exact) mass is 264 g/mol. The molecule has 3 nitrogen and oxygen atoms in total. The molecule has 0 saturated heterocycles. The number of aliphatic hydroxyl groups is 1. The fraction of sp³-hybridized carbons (Fsp3) is 0.143. The molecule has 0 spiro atoms. The van der Waals surface area contributed by atoms with Crippen molar-refractivity contribution in [2.45, 2.75) is 6.61 Å². The lowest BCUT2D eigenvalue weighted by Gasteiger charge is -2.03. The van der Waals surface area contributed by atoms with Crippen LogP contribution in [-0.2, 0) is 6.61 Å². The van der Waals surface area contributed by atoms with E-state index in [0.29, 0.717) is 0 Å². The molecule has 0 heterocycles. The summed E-state index contributed by atoms with van der Waals surface area (Å²) >= 11 is 2.17. The van der Waals surface area contributed by atoms with Crippen molar-refractivity contribution in [2.24, 2.45) is 5.84 Å². The van der Waals surface area contributed by atoms with Gasteiger partial charge in [-0.25, -0.2) is 0 Å². The van der Waals surface area contributed by atoms with Crippen LogP contribution in [0.3, 0.4) is 0 Å². The Morgan fingerprint density at radius 3 is 2.73 bits per heavy atom. The van der Waals surface area contributed by atoms with Crippen molar-refractivity contribution >= 4 is 28.3 Å². The lowest BCUT2D eigenvalue weighted by molar-refractivity contribution is 0.282. The third kappa shape index (κ3) is 2.32. The van der Waals surface area contributed by atoms with Crippen LogP contribution in [0, 0.1) is 3.57 Å². The van der Waals surface area contributed by atoms with Gasteiger partial charge in [-0.1, -0.05) is 0 Å². The number of hydrogen-bond acceptors (Lipinski definition) is 3. The molecule has 4 N–H and O–H groups in total. The van der Waals surface area contributed by atoms with Crippen molar-refractivity contribution < 1.29 is 5.11 Å². The zero-order valence-electron chi connectivity index (χ0n) is 5.84. The highest BCUT2D eigenvalue weighted by atomic mass is 127. The number of nitrogens with two attached hydrogens (primary N) is 1. The van der Waals surface area contributed by atoms with Crippen LogP contribution < -0.4 is 11.3 Å². The average molecular weight is 264 g/mol. The van der Waals surface area contributed by atoms with E-state index in [2.05, 4.69) is 28.0 Å². The second kappa shape index (κ2) is 3.89. The first-order valence-electron chi connectivity index (χ1n) is 3.13. The molecule has 0 aliphatic heterocycles. The molecule has 0 saturated carbocycles. The Bertz CT molecular complexity index is 230. The molecule has 0 unspecified atom stereocenters. The van der Waals surface area contributed by atoms with Gasteiger partial charge in [-0.15, -0.1) is 0 Å². The minimum atomic E-state index is 0.0471. The largest absolute Gasteiger partial charge is 0.392 e. The first-order chi connectivity index (χ1) is 5.26. The van der Waals surface area contributed by atoms with Crippen LogP contribution in [0.15, 0.2) is 18.2 Å². The third-order valence-electron chi connectivity index (χ3n) is 1.31. The number of benzene rings is 1. The van der Waals surface area contributed by atoms with Crippen molar-refractivity contribution in [3.05, 3.63) is 27.3 Å². The Morgan fingerprint density at radius 1 is 1.45 bits per heavy atom. The molecular formula is C7H9IN2O. The summed E-state index contributed by atoms with van der Waals surface area (Å²) < 4.78 is 1.06. The Labute approximate surface area is 78.7 Å². The maximum Gasteiger partial charge on any atom is 0.0682 e. The van der Waals surface area contributed by atoms with E-state index >= 15 is 0 Å². The second-order valence-corrected chi connectivity index (χ2v) is 3.40. The molecule has 0 atom stereocenters. The van der Waals surface area contributed by atoms with Gasteiger partial charge in [0.05, 0.1) is 6.61 Å². The van der Waals surface area contributed by atoms with E-state index in [1.165, 1.54) is 0 Å². The van der Waals surface area contributed by atoms with E-state index in [-0.39, 0.29) is 6.61 Å². The average Bonchev–Trinajstić information content (AvgIpc) is 2.03. The topological polar surface area (TPSA) is 58.3 Å². The molecule has 0 fully saturated rings. The molecule has 1 aromatic carbocycles. The van der Waals surface area contributed by atoms with Crippen molar-refractivity contribution in [1.82, 2.24) is 0 Å². The smallest absolute Gasteiger partial charge is 0.0682 e. The van der Waals surface area contributed by atoms with E-state index in [1.54, 1.807) is 0 Å². The molecule has 1 rings (SSSR count). The molecule has 0 bridgehead atoms. The van der Waals surface area contributed by atoms with Crippen LogP contribution in [0.5, 0.6) is 0 Å². The van der Waals surface area contributed by atoms with Crippen LogP contribution in [0.1, 0.15) is 5.56 Å².